The first-order chi connectivity index (χ1) is 14.0. The molecule has 1 N–H and O–H groups in total. The van der Waals surface area contributed by atoms with Crippen LogP contribution >= 0.6 is 0 Å². The fourth-order valence-electron chi connectivity index (χ4n) is 3.22. The summed E-state index contributed by atoms with van der Waals surface area (Å²) in [6.07, 6.45) is 1.65. The van der Waals surface area contributed by atoms with Gasteiger partial charge in [0.1, 0.15) is 6.54 Å². The van der Waals surface area contributed by atoms with Crippen LogP contribution in [0, 0.1) is 13.8 Å². The first-order valence-corrected chi connectivity index (χ1v) is 9.29. The second kappa shape index (κ2) is 7.70. The Morgan fingerprint density at radius 2 is 1.93 bits per heavy atom. The van der Waals surface area contributed by atoms with E-state index in [1.165, 1.54) is 10.7 Å². The van der Waals surface area contributed by atoms with E-state index in [1.54, 1.807) is 21.6 Å². The molecule has 0 spiro atoms. The predicted molar refractivity (Wildman–Crippen MR) is 108 cm³/mol. The molecule has 0 bridgehead atoms. The first kappa shape index (κ1) is 18.6. The van der Waals surface area contributed by atoms with E-state index in [1.807, 2.05) is 44.2 Å². The highest BCUT2D eigenvalue weighted by Crippen LogP contribution is 2.11. The van der Waals surface area contributed by atoms with Gasteiger partial charge in [0.2, 0.25) is 5.91 Å². The average molecular weight is 391 g/mol. The zero-order valence-electron chi connectivity index (χ0n) is 16.2. The average Bonchev–Trinajstić information content (AvgIpc) is 3.26. The molecule has 4 aromatic rings. The van der Waals surface area contributed by atoms with Crippen molar-refractivity contribution in [1.29, 1.82) is 0 Å². The van der Waals surface area contributed by atoms with Crippen molar-refractivity contribution in [2.75, 3.05) is 6.54 Å². The predicted octanol–water partition coefficient (Wildman–Crippen LogP) is 1.21. The SMILES string of the molecule is Cc1cc(C)n(-c2ccc(=O)n(CCNC(=O)Cn3cnc4ccccc43)n2)n1. The minimum atomic E-state index is -0.231. The van der Waals surface area contributed by atoms with E-state index in [0.717, 1.165) is 22.4 Å². The number of benzene rings is 1. The van der Waals surface area contributed by atoms with Gasteiger partial charge in [-0.25, -0.2) is 14.3 Å². The molecule has 3 heterocycles. The number of aromatic nitrogens is 6. The number of para-hydroxylation sites is 2. The molecule has 4 rings (SSSR count). The Labute approximate surface area is 166 Å². The molecule has 1 amide bonds. The lowest BCUT2D eigenvalue weighted by atomic mass is 10.3. The second-order valence-corrected chi connectivity index (χ2v) is 6.80. The molecule has 0 saturated carbocycles. The number of nitrogens with one attached hydrogen (secondary N) is 1. The molecule has 0 atom stereocenters. The van der Waals surface area contributed by atoms with Crippen LogP contribution in [0.25, 0.3) is 16.9 Å². The highest BCUT2D eigenvalue weighted by atomic mass is 16.2. The number of imidazole rings is 1. The maximum absolute atomic E-state index is 12.3. The van der Waals surface area contributed by atoms with E-state index >= 15 is 0 Å². The molecule has 1 aromatic carbocycles. The number of carbonyl (C=O) groups is 1. The normalized spacial score (nSPS) is 11.1. The molecule has 0 aliphatic carbocycles. The fourth-order valence-corrected chi connectivity index (χ4v) is 3.22. The van der Waals surface area contributed by atoms with Crippen molar-refractivity contribution < 1.29 is 4.79 Å². The molecule has 148 valence electrons. The Balaban J connectivity index is 1.40. The molecular formula is C20H21N7O2. The summed E-state index contributed by atoms with van der Waals surface area (Å²) in [5.41, 5.74) is 3.32. The van der Waals surface area contributed by atoms with Gasteiger partial charge >= 0.3 is 0 Å². The number of nitrogens with zero attached hydrogens (tertiary/aromatic N) is 6. The van der Waals surface area contributed by atoms with E-state index in [-0.39, 0.29) is 24.6 Å². The van der Waals surface area contributed by atoms with Gasteiger partial charge in [-0.3, -0.25) is 9.59 Å². The van der Waals surface area contributed by atoms with Crippen molar-refractivity contribution >= 4 is 16.9 Å². The molecule has 0 aliphatic heterocycles. The Morgan fingerprint density at radius 3 is 2.72 bits per heavy atom. The van der Waals surface area contributed by atoms with Gasteiger partial charge in [0.25, 0.3) is 5.56 Å². The van der Waals surface area contributed by atoms with Gasteiger partial charge in [0.05, 0.1) is 29.6 Å². The molecule has 9 nitrogen and oxygen atoms in total. The van der Waals surface area contributed by atoms with Crippen LogP contribution in [0.15, 0.2) is 53.6 Å². The van der Waals surface area contributed by atoms with Crippen LogP contribution in [0.1, 0.15) is 11.4 Å². The molecule has 29 heavy (non-hydrogen) atoms. The summed E-state index contributed by atoms with van der Waals surface area (Å²) in [6, 6.07) is 12.7. The third-order valence-corrected chi connectivity index (χ3v) is 4.57. The highest BCUT2D eigenvalue weighted by molar-refractivity contribution is 5.80. The van der Waals surface area contributed by atoms with Crippen LogP contribution in [-0.4, -0.2) is 41.6 Å². The summed E-state index contributed by atoms with van der Waals surface area (Å²) < 4.78 is 4.81. The molecular weight excluding hydrogens is 370 g/mol. The van der Waals surface area contributed by atoms with Gasteiger partial charge in [-0.2, -0.15) is 5.10 Å². The van der Waals surface area contributed by atoms with Gasteiger partial charge in [-0.15, -0.1) is 5.10 Å². The van der Waals surface area contributed by atoms with E-state index < -0.39 is 0 Å². The third kappa shape index (κ3) is 3.93. The number of hydrogen-bond donors (Lipinski definition) is 1. The third-order valence-electron chi connectivity index (χ3n) is 4.57. The summed E-state index contributed by atoms with van der Waals surface area (Å²) in [7, 11) is 0. The minimum absolute atomic E-state index is 0.157. The summed E-state index contributed by atoms with van der Waals surface area (Å²) in [5.74, 6) is 0.405. The van der Waals surface area contributed by atoms with Crippen LogP contribution < -0.4 is 10.9 Å². The Kier molecular flexibility index (Phi) is 4.94. The monoisotopic (exact) mass is 391 g/mol. The van der Waals surface area contributed by atoms with Gasteiger partial charge in [0.15, 0.2) is 5.82 Å². The smallest absolute Gasteiger partial charge is 0.266 e. The van der Waals surface area contributed by atoms with Crippen LogP contribution in [0.5, 0.6) is 0 Å². The van der Waals surface area contributed by atoms with E-state index in [2.05, 4.69) is 20.5 Å². The maximum Gasteiger partial charge on any atom is 0.266 e. The Morgan fingerprint density at radius 1 is 1.10 bits per heavy atom. The number of amides is 1. The molecule has 0 saturated heterocycles. The van der Waals surface area contributed by atoms with Crippen LogP contribution in [-0.2, 0) is 17.9 Å². The van der Waals surface area contributed by atoms with Crippen molar-refractivity contribution in [1.82, 2.24) is 34.4 Å². The second-order valence-electron chi connectivity index (χ2n) is 6.80. The quantitative estimate of drug-likeness (QED) is 0.533. The number of aryl methyl sites for hydroxylation is 2. The van der Waals surface area contributed by atoms with Gasteiger partial charge < -0.3 is 9.88 Å². The Hall–Kier alpha value is -3.75. The zero-order chi connectivity index (χ0) is 20.4. The number of fused-ring (bicyclic) bond motifs is 1. The van der Waals surface area contributed by atoms with Crippen molar-refractivity contribution in [3.63, 3.8) is 0 Å². The molecule has 0 radical (unpaired) electrons. The highest BCUT2D eigenvalue weighted by Gasteiger charge is 2.09. The number of rotatable bonds is 6. The molecule has 9 heteroatoms. The van der Waals surface area contributed by atoms with Gasteiger partial charge in [0, 0.05) is 18.3 Å². The fraction of sp³-hybridized carbons (Fsp3) is 0.250. The van der Waals surface area contributed by atoms with Gasteiger partial charge in [-0.05, 0) is 38.1 Å². The van der Waals surface area contributed by atoms with E-state index in [4.69, 9.17) is 0 Å². The van der Waals surface area contributed by atoms with E-state index in [9.17, 15) is 9.59 Å². The zero-order valence-corrected chi connectivity index (χ0v) is 16.2. The molecule has 0 unspecified atom stereocenters. The number of carbonyl (C=O) groups excluding carboxylic acids is 1. The molecule has 3 aromatic heterocycles. The van der Waals surface area contributed by atoms with Crippen LogP contribution in [0.2, 0.25) is 0 Å². The number of hydrogen-bond acceptors (Lipinski definition) is 5. The van der Waals surface area contributed by atoms with E-state index in [0.29, 0.717) is 12.4 Å². The lowest BCUT2D eigenvalue weighted by Crippen LogP contribution is -2.34. The Bertz CT molecular complexity index is 1240. The van der Waals surface area contributed by atoms with Crippen LogP contribution in [0.3, 0.4) is 0 Å². The summed E-state index contributed by atoms with van der Waals surface area (Å²) in [5, 5.41) is 11.6. The lowest BCUT2D eigenvalue weighted by Gasteiger charge is -2.10. The van der Waals surface area contributed by atoms with Crippen molar-refractivity contribution in [2.45, 2.75) is 26.9 Å². The van der Waals surface area contributed by atoms with Gasteiger partial charge in [-0.1, -0.05) is 12.1 Å². The van der Waals surface area contributed by atoms with Crippen molar-refractivity contribution in [2.24, 2.45) is 0 Å². The standard InChI is InChI=1S/C20H21N7O2/c1-14-11-15(2)27(23-14)18-7-8-20(29)26(24-18)10-9-21-19(28)12-25-13-22-16-5-3-4-6-17(16)25/h3-8,11,13H,9-10,12H2,1-2H3,(H,21,28). The maximum atomic E-state index is 12.3. The molecule has 0 fully saturated rings. The minimum Gasteiger partial charge on any atom is -0.353 e. The van der Waals surface area contributed by atoms with Crippen LogP contribution in [0.4, 0.5) is 0 Å². The molecule has 0 aliphatic rings. The summed E-state index contributed by atoms with van der Waals surface area (Å²) >= 11 is 0. The summed E-state index contributed by atoms with van der Waals surface area (Å²) in [6.45, 7) is 4.55. The first-order valence-electron chi connectivity index (χ1n) is 9.29. The largest absolute Gasteiger partial charge is 0.353 e. The van der Waals surface area contributed by atoms with Crippen molar-refractivity contribution in [3.8, 4) is 5.82 Å². The summed E-state index contributed by atoms with van der Waals surface area (Å²) in [4.78, 5) is 28.7. The van der Waals surface area contributed by atoms with Crippen molar-refractivity contribution in [3.05, 3.63) is 70.5 Å². The lowest BCUT2D eigenvalue weighted by molar-refractivity contribution is -0.121. The topological polar surface area (TPSA) is 99.6 Å².